The molecule has 1 aromatic heterocycles. The monoisotopic (exact) mass is 820 g/mol. The number of rotatable bonds is 8. The van der Waals surface area contributed by atoms with Gasteiger partial charge >= 0.3 is 0 Å². The Bertz CT molecular complexity index is 3470. The van der Waals surface area contributed by atoms with E-state index in [9.17, 15) is 0 Å². The highest BCUT2D eigenvalue weighted by Crippen LogP contribution is 2.49. The molecule has 0 atom stereocenters. The van der Waals surface area contributed by atoms with Gasteiger partial charge in [0.05, 0.1) is 22.4 Å². The number of benzene rings is 10. The van der Waals surface area contributed by atoms with Gasteiger partial charge in [0, 0.05) is 33.3 Å². The van der Waals surface area contributed by atoms with E-state index in [1.165, 1.54) is 114 Å². The third kappa shape index (κ3) is 6.48. The molecule has 0 bridgehead atoms. The summed E-state index contributed by atoms with van der Waals surface area (Å²) in [5.74, 6) is 0.572. The molecule has 1 aliphatic carbocycles. The summed E-state index contributed by atoms with van der Waals surface area (Å²) in [5, 5.41) is 7.70. The number of hydrogen-bond donors (Lipinski definition) is 0. The van der Waals surface area contributed by atoms with Crippen LogP contribution in [-0.2, 0) is 0 Å². The topological polar surface area (TPSA) is 8.17 Å². The van der Waals surface area contributed by atoms with E-state index >= 15 is 0 Å². The zero-order valence-electron chi connectivity index (χ0n) is 35.9. The van der Waals surface area contributed by atoms with Crippen molar-refractivity contribution in [3.05, 3.63) is 230 Å². The van der Waals surface area contributed by atoms with Crippen LogP contribution in [0, 0.1) is 0 Å². The van der Waals surface area contributed by atoms with Gasteiger partial charge in [-0.2, -0.15) is 0 Å². The van der Waals surface area contributed by atoms with Gasteiger partial charge in [0.1, 0.15) is 0 Å². The van der Waals surface area contributed by atoms with Gasteiger partial charge in [-0.3, -0.25) is 0 Å². The molecule has 0 spiro atoms. The highest BCUT2D eigenvalue weighted by atomic mass is 15.1. The number of hydrogen-bond acceptors (Lipinski definition) is 1. The maximum atomic E-state index is 2.52. The molecular formula is C62H48N2. The zero-order valence-corrected chi connectivity index (χ0v) is 35.9. The maximum Gasteiger partial charge on any atom is 0.0547 e. The van der Waals surface area contributed by atoms with Crippen molar-refractivity contribution in [2.75, 3.05) is 4.90 Å². The van der Waals surface area contributed by atoms with Crippen LogP contribution in [0.25, 0.3) is 82.4 Å². The van der Waals surface area contributed by atoms with Gasteiger partial charge in [-0.1, -0.05) is 195 Å². The van der Waals surface area contributed by atoms with Crippen molar-refractivity contribution in [1.29, 1.82) is 0 Å². The van der Waals surface area contributed by atoms with Gasteiger partial charge in [-0.05, 0) is 117 Å². The maximum absolute atomic E-state index is 2.52. The smallest absolute Gasteiger partial charge is 0.0547 e. The standard InChI is InChI=1S/C62H48N2/c1-3-19-44(20-4-1)51-32-16-23-46-24-17-33-54(61(46)51)52-28-9-12-35-57(52)63(48-41-39-45(40-42-48)50-31-15-22-43-21-7-8-27-49(43)50)58-36-13-10-29-53(58)55-34-18-38-60-62(55)56-30-11-14-37-59(56)64(60)47-25-5-2-6-26-47/h2,5-18,21-42,44H,1,3-4,19-20H2. The molecule has 2 nitrogen and oxygen atoms in total. The van der Waals surface area contributed by atoms with E-state index in [0.29, 0.717) is 5.92 Å². The number of para-hydroxylation sites is 4. The summed E-state index contributed by atoms with van der Waals surface area (Å²) in [7, 11) is 0. The average molecular weight is 821 g/mol. The van der Waals surface area contributed by atoms with Crippen LogP contribution in [0.15, 0.2) is 224 Å². The second-order valence-corrected chi connectivity index (χ2v) is 17.4. The summed E-state index contributed by atoms with van der Waals surface area (Å²) >= 11 is 0. The Labute approximate surface area is 375 Å². The summed E-state index contributed by atoms with van der Waals surface area (Å²) < 4.78 is 2.42. The first-order valence-electron chi connectivity index (χ1n) is 23.0. The minimum absolute atomic E-state index is 0.572. The van der Waals surface area contributed by atoms with Crippen molar-refractivity contribution in [1.82, 2.24) is 4.57 Å². The second kappa shape index (κ2) is 16.2. The van der Waals surface area contributed by atoms with Crippen LogP contribution in [0.2, 0.25) is 0 Å². The SMILES string of the molecule is c1ccc(-n2c3ccccc3c3c(-c4ccccc4N(c4ccc(-c5cccc6ccccc56)cc4)c4ccccc4-c4cccc5cccc(C6CCCCC6)c45)cccc32)cc1. The molecule has 0 aliphatic heterocycles. The molecule has 0 amide bonds. The predicted octanol–water partition coefficient (Wildman–Crippen LogP) is 17.6. The molecule has 1 heterocycles. The van der Waals surface area contributed by atoms with Crippen molar-refractivity contribution in [3.63, 3.8) is 0 Å². The van der Waals surface area contributed by atoms with E-state index in [2.05, 4.69) is 234 Å². The van der Waals surface area contributed by atoms with E-state index in [0.717, 1.165) is 22.7 Å². The molecule has 0 unspecified atom stereocenters. The lowest BCUT2D eigenvalue weighted by atomic mass is 9.80. The minimum Gasteiger partial charge on any atom is -0.309 e. The van der Waals surface area contributed by atoms with Gasteiger partial charge in [0.25, 0.3) is 0 Å². The van der Waals surface area contributed by atoms with Crippen molar-refractivity contribution >= 4 is 60.4 Å². The first-order valence-corrected chi connectivity index (χ1v) is 23.0. The summed E-state index contributed by atoms with van der Waals surface area (Å²) in [4.78, 5) is 2.52. The number of anilines is 3. The Morgan fingerprint density at radius 1 is 0.359 bits per heavy atom. The van der Waals surface area contributed by atoms with Gasteiger partial charge < -0.3 is 9.47 Å². The normalized spacial score (nSPS) is 13.2. The summed E-state index contributed by atoms with van der Waals surface area (Å²) in [6.45, 7) is 0. The molecule has 64 heavy (non-hydrogen) atoms. The van der Waals surface area contributed by atoms with Crippen LogP contribution in [0.3, 0.4) is 0 Å². The first kappa shape index (κ1) is 38.0. The molecule has 0 saturated heterocycles. The van der Waals surface area contributed by atoms with E-state index in [4.69, 9.17) is 0 Å². The van der Waals surface area contributed by atoms with Gasteiger partial charge in [0.2, 0.25) is 0 Å². The fourth-order valence-corrected chi connectivity index (χ4v) is 10.9. The van der Waals surface area contributed by atoms with Crippen LogP contribution in [-0.4, -0.2) is 4.57 Å². The summed E-state index contributed by atoms with van der Waals surface area (Å²) in [6.07, 6.45) is 6.45. The lowest BCUT2D eigenvalue weighted by Gasteiger charge is -2.31. The molecule has 0 N–H and O–H groups in total. The van der Waals surface area contributed by atoms with E-state index in [1.54, 1.807) is 0 Å². The molecule has 2 heteroatoms. The van der Waals surface area contributed by atoms with Gasteiger partial charge in [-0.25, -0.2) is 0 Å². The number of nitrogens with zero attached hydrogens (tertiary/aromatic N) is 2. The Kier molecular flexibility index (Phi) is 9.64. The van der Waals surface area contributed by atoms with Crippen molar-refractivity contribution in [2.45, 2.75) is 38.0 Å². The number of aromatic nitrogens is 1. The molecule has 1 aliphatic rings. The number of fused-ring (bicyclic) bond motifs is 5. The van der Waals surface area contributed by atoms with Gasteiger partial charge in [-0.15, -0.1) is 0 Å². The third-order valence-corrected chi connectivity index (χ3v) is 13.8. The van der Waals surface area contributed by atoms with Crippen molar-refractivity contribution < 1.29 is 0 Å². The first-order chi connectivity index (χ1) is 31.8. The van der Waals surface area contributed by atoms with Crippen LogP contribution < -0.4 is 4.90 Å². The summed E-state index contributed by atoms with van der Waals surface area (Å²) in [6, 6.07) is 83.1. The zero-order chi connectivity index (χ0) is 42.4. The van der Waals surface area contributed by atoms with Gasteiger partial charge in [0.15, 0.2) is 0 Å². The second-order valence-electron chi connectivity index (χ2n) is 17.4. The van der Waals surface area contributed by atoms with Crippen molar-refractivity contribution in [3.8, 4) is 39.1 Å². The Morgan fingerprint density at radius 2 is 0.891 bits per heavy atom. The molecule has 11 aromatic rings. The lowest BCUT2D eigenvalue weighted by molar-refractivity contribution is 0.445. The Morgan fingerprint density at radius 3 is 1.64 bits per heavy atom. The highest BCUT2D eigenvalue weighted by Gasteiger charge is 2.25. The third-order valence-electron chi connectivity index (χ3n) is 13.8. The Balaban J connectivity index is 1.10. The highest BCUT2D eigenvalue weighted by molar-refractivity contribution is 6.17. The van der Waals surface area contributed by atoms with Crippen LogP contribution in [0.4, 0.5) is 17.1 Å². The van der Waals surface area contributed by atoms with E-state index < -0.39 is 0 Å². The molecule has 1 fully saturated rings. The quantitative estimate of drug-likeness (QED) is 0.148. The largest absolute Gasteiger partial charge is 0.309 e. The molecule has 0 radical (unpaired) electrons. The van der Waals surface area contributed by atoms with Crippen LogP contribution in [0.5, 0.6) is 0 Å². The molecular weight excluding hydrogens is 773 g/mol. The molecule has 306 valence electrons. The minimum atomic E-state index is 0.572. The molecule has 1 saturated carbocycles. The van der Waals surface area contributed by atoms with E-state index in [-0.39, 0.29) is 0 Å². The Hall–Kier alpha value is -7.68. The van der Waals surface area contributed by atoms with Crippen molar-refractivity contribution in [2.24, 2.45) is 0 Å². The lowest BCUT2D eigenvalue weighted by Crippen LogP contribution is -2.12. The molecule has 12 rings (SSSR count). The summed E-state index contributed by atoms with van der Waals surface area (Å²) in [5.41, 5.74) is 15.8. The predicted molar refractivity (Wildman–Crippen MR) is 273 cm³/mol. The van der Waals surface area contributed by atoms with Crippen LogP contribution in [0.1, 0.15) is 43.6 Å². The molecule has 10 aromatic carbocycles. The average Bonchev–Trinajstić information content (AvgIpc) is 3.72. The van der Waals surface area contributed by atoms with E-state index in [1.807, 2.05) is 0 Å². The van der Waals surface area contributed by atoms with Crippen LogP contribution >= 0.6 is 0 Å². The fraction of sp³-hybridized carbons (Fsp3) is 0.0968. The fourth-order valence-electron chi connectivity index (χ4n) is 10.9.